The predicted molar refractivity (Wildman–Crippen MR) is 53.1 cm³/mol. The second kappa shape index (κ2) is 12.6. The molecule has 0 amide bonds. The van der Waals surface area contributed by atoms with Gasteiger partial charge >= 0.3 is 0 Å². The topological polar surface area (TPSA) is 15.3 Å². The molecule has 0 saturated carbocycles. The molecule has 0 saturated heterocycles. The van der Waals surface area contributed by atoms with Gasteiger partial charge in [-0.25, -0.2) is 0 Å². The van der Waals surface area contributed by atoms with Crippen LogP contribution in [0.3, 0.4) is 0 Å². The first kappa shape index (κ1) is 13.5. The summed E-state index contributed by atoms with van der Waals surface area (Å²) in [6.07, 6.45) is 0. The molecule has 0 aromatic heterocycles. The van der Waals surface area contributed by atoms with Gasteiger partial charge in [-0.15, -0.1) is 0 Å². The molecule has 2 heteroatoms. The summed E-state index contributed by atoms with van der Waals surface area (Å²) in [5.74, 6) is 0. The number of likely N-dealkylation sites (N-methyl/N-ethyl adjacent to an activating group) is 2. The Balaban J connectivity index is 0. The van der Waals surface area contributed by atoms with Crippen LogP contribution in [0.15, 0.2) is 0 Å². The van der Waals surface area contributed by atoms with E-state index < -0.39 is 0 Å². The van der Waals surface area contributed by atoms with Crippen molar-refractivity contribution in [3.05, 3.63) is 0 Å². The van der Waals surface area contributed by atoms with E-state index in [4.69, 9.17) is 0 Å². The second-order valence-corrected chi connectivity index (χ2v) is 2.25. The predicted octanol–water partition coefficient (Wildman–Crippen LogP) is 1.57. The van der Waals surface area contributed by atoms with Crippen molar-refractivity contribution < 1.29 is 0 Å². The molecule has 0 aromatic rings. The highest BCUT2D eigenvalue weighted by molar-refractivity contribution is 4.49. The summed E-state index contributed by atoms with van der Waals surface area (Å²) in [5.41, 5.74) is 0. The largest absolute Gasteiger partial charge is 0.316 e. The average molecular weight is 160 g/mol. The van der Waals surface area contributed by atoms with Gasteiger partial charge in [0, 0.05) is 13.1 Å². The molecule has 0 unspecified atom stereocenters. The van der Waals surface area contributed by atoms with Gasteiger partial charge in [-0.2, -0.15) is 0 Å². The zero-order valence-electron chi connectivity index (χ0n) is 8.78. The van der Waals surface area contributed by atoms with Gasteiger partial charge in [0.25, 0.3) is 0 Å². The average Bonchev–Trinajstić information content (AvgIpc) is 2.08. The smallest absolute Gasteiger partial charge is 0.0104 e. The van der Waals surface area contributed by atoms with Crippen molar-refractivity contribution in [1.82, 2.24) is 10.2 Å². The SMILES string of the molecule is CC.CCNCCN(C)CC. The molecule has 0 aliphatic heterocycles. The summed E-state index contributed by atoms with van der Waals surface area (Å²) in [6, 6.07) is 0. The van der Waals surface area contributed by atoms with E-state index in [1.807, 2.05) is 13.8 Å². The quantitative estimate of drug-likeness (QED) is 0.614. The Kier molecular flexibility index (Phi) is 15.4. The zero-order chi connectivity index (χ0) is 9.11. The minimum atomic E-state index is 1.08. The standard InChI is InChI=1S/C7H18N2.C2H6/c1-4-8-6-7-9(3)5-2;1-2/h8H,4-7H2,1-3H3;1-2H3. The molecule has 0 heterocycles. The second-order valence-electron chi connectivity index (χ2n) is 2.25. The van der Waals surface area contributed by atoms with Crippen LogP contribution >= 0.6 is 0 Å². The molecular weight excluding hydrogens is 136 g/mol. The van der Waals surface area contributed by atoms with E-state index in [0.717, 1.165) is 26.2 Å². The van der Waals surface area contributed by atoms with E-state index in [9.17, 15) is 0 Å². The molecule has 0 bridgehead atoms. The number of nitrogens with one attached hydrogen (secondary N) is 1. The molecule has 2 nitrogen and oxygen atoms in total. The number of hydrogen-bond donors (Lipinski definition) is 1. The van der Waals surface area contributed by atoms with Gasteiger partial charge in [-0.05, 0) is 20.1 Å². The summed E-state index contributed by atoms with van der Waals surface area (Å²) in [7, 11) is 2.14. The van der Waals surface area contributed by atoms with Gasteiger partial charge in [0.2, 0.25) is 0 Å². The lowest BCUT2D eigenvalue weighted by Crippen LogP contribution is -2.28. The molecule has 0 fully saturated rings. The lowest BCUT2D eigenvalue weighted by atomic mass is 10.5. The Morgan fingerprint density at radius 1 is 1.18 bits per heavy atom. The van der Waals surface area contributed by atoms with Crippen LogP contribution in [0, 0.1) is 0 Å². The highest BCUT2D eigenvalue weighted by Crippen LogP contribution is 1.76. The third-order valence-electron chi connectivity index (χ3n) is 1.46. The summed E-state index contributed by atoms with van der Waals surface area (Å²) in [6.45, 7) is 12.8. The van der Waals surface area contributed by atoms with Gasteiger partial charge in [0.15, 0.2) is 0 Å². The van der Waals surface area contributed by atoms with Crippen LogP contribution in [-0.2, 0) is 0 Å². The molecule has 0 aliphatic carbocycles. The van der Waals surface area contributed by atoms with E-state index in [2.05, 4.69) is 31.1 Å². The van der Waals surface area contributed by atoms with E-state index in [1.54, 1.807) is 0 Å². The Bertz CT molecular complexity index is 55.5. The summed E-state index contributed by atoms with van der Waals surface area (Å²) in [5, 5.41) is 3.27. The van der Waals surface area contributed by atoms with E-state index >= 15 is 0 Å². The fraction of sp³-hybridized carbons (Fsp3) is 1.00. The Morgan fingerprint density at radius 2 is 1.73 bits per heavy atom. The maximum absolute atomic E-state index is 3.27. The van der Waals surface area contributed by atoms with Crippen LogP contribution in [0.4, 0.5) is 0 Å². The number of hydrogen-bond acceptors (Lipinski definition) is 2. The Labute approximate surface area is 72.0 Å². The van der Waals surface area contributed by atoms with Gasteiger partial charge < -0.3 is 10.2 Å². The van der Waals surface area contributed by atoms with Crippen molar-refractivity contribution in [2.75, 3.05) is 33.2 Å². The molecular formula is C9H24N2. The fourth-order valence-corrected chi connectivity index (χ4v) is 0.605. The monoisotopic (exact) mass is 160 g/mol. The van der Waals surface area contributed by atoms with Gasteiger partial charge in [-0.1, -0.05) is 27.7 Å². The van der Waals surface area contributed by atoms with Crippen molar-refractivity contribution >= 4 is 0 Å². The summed E-state index contributed by atoms with van der Waals surface area (Å²) >= 11 is 0. The number of rotatable bonds is 5. The normalized spacial score (nSPS) is 9.27. The fourth-order valence-electron chi connectivity index (χ4n) is 0.605. The minimum Gasteiger partial charge on any atom is -0.316 e. The van der Waals surface area contributed by atoms with Gasteiger partial charge in [-0.3, -0.25) is 0 Å². The van der Waals surface area contributed by atoms with Crippen molar-refractivity contribution in [3.63, 3.8) is 0 Å². The molecule has 70 valence electrons. The first-order valence-corrected chi connectivity index (χ1v) is 4.70. The third kappa shape index (κ3) is 13.0. The van der Waals surface area contributed by atoms with Crippen LogP contribution in [0.25, 0.3) is 0 Å². The first-order valence-electron chi connectivity index (χ1n) is 4.70. The van der Waals surface area contributed by atoms with Crippen molar-refractivity contribution in [2.45, 2.75) is 27.7 Å². The first-order chi connectivity index (χ1) is 5.31. The highest BCUT2D eigenvalue weighted by Gasteiger charge is 1.90. The number of nitrogens with zero attached hydrogens (tertiary/aromatic N) is 1. The molecule has 0 rings (SSSR count). The van der Waals surface area contributed by atoms with Crippen LogP contribution in [0.5, 0.6) is 0 Å². The van der Waals surface area contributed by atoms with Gasteiger partial charge in [0.05, 0.1) is 0 Å². The van der Waals surface area contributed by atoms with Gasteiger partial charge in [0.1, 0.15) is 0 Å². The molecule has 0 spiro atoms. The molecule has 1 N–H and O–H groups in total. The molecule has 0 atom stereocenters. The lowest BCUT2D eigenvalue weighted by molar-refractivity contribution is 0.350. The molecule has 0 radical (unpaired) electrons. The van der Waals surface area contributed by atoms with Crippen LogP contribution < -0.4 is 5.32 Å². The van der Waals surface area contributed by atoms with Crippen molar-refractivity contribution in [1.29, 1.82) is 0 Å². The van der Waals surface area contributed by atoms with Crippen LogP contribution in [0.1, 0.15) is 27.7 Å². The zero-order valence-corrected chi connectivity index (χ0v) is 8.78. The maximum Gasteiger partial charge on any atom is 0.0104 e. The van der Waals surface area contributed by atoms with Crippen molar-refractivity contribution in [3.8, 4) is 0 Å². The van der Waals surface area contributed by atoms with Crippen LogP contribution in [-0.4, -0.2) is 38.1 Å². The van der Waals surface area contributed by atoms with Crippen LogP contribution in [0.2, 0.25) is 0 Å². The summed E-state index contributed by atoms with van der Waals surface area (Å²) in [4.78, 5) is 2.29. The molecule has 0 aliphatic rings. The highest BCUT2D eigenvalue weighted by atomic mass is 15.1. The van der Waals surface area contributed by atoms with E-state index in [1.165, 1.54) is 0 Å². The Morgan fingerprint density at radius 3 is 2.09 bits per heavy atom. The lowest BCUT2D eigenvalue weighted by Gasteiger charge is -2.12. The third-order valence-corrected chi connectivity index (χ3v) is 1.46. The minimum absolute atomic E-state index is 1.08. The van der Waals surface area contributed by atoms with E-state index in [0.29, 0.717) is 0 Å². The Hall–Kier alpha value is -0.0800. The van der Waals surface area contributed by atoms with Crippen molar-refractivity contribution in [2.24, 2.45) is 0 Å². The van der Waals surface area contributed by atoms with E-state index in [-0.39, 0.29) is 0 Å². The maximum atomic E-state index is 3.27. The summed E-state index contributed by atoms with van der Waals surface area (Å²) < 4.78 is 0. The molecule has 0 aromatic carbocycles. The molecule has 11 heavy (non-hydrogen) atoms.